The molecule has 2 heterocycles. The molecule has 1 aliphatic heterocycles. The van der Waals surface area contributed by atoms with E-state index < -0.39 is 0 Å². The first-order valence-corrected chi connectivity index (χ1v) is 7.89. The van der Waals surface area contributed by atoms with Crippen LogP contribution in [-0.4, -0.2) is 27.4 Å². The maximum absolute atomic E-state index is 12.1. The number of hydrogen-bond donors (Lipinski definition) is 0. The molecule has 5 heteroatoms. The van der Waals surface area contributed by atoms with Crippen LogP contribution in [0.4, 0.5) is 0 Å². The van der Waals surface area contributed by atoms with Gasteiger partial charge in [0.1, 0.15) is 6.10 Å². The molecule has 116 valence electrons. The van der Waals surface area contributed by atoms with Gasteiger partial charge in [-0.05, 0) is 39.5 Å². The van der Waals surface area contributed by atoms with E-state index in [9.17, 15) is 4.79 Å². The summed E-state index contributed by atoms with van der Waals surface area (Å²) in [6, 6.07) is 2.04. The van der Waals surface area contributed by atoms with Crippen LogP contribution in [0.15, 0.2) is 10.9 Å². The molecule has 0 N–H and O–H groups in total. The average Bonchev–Trinajstić information content (AvgIpc) is 3.03. The summed E-state index contributed by atoms with van der Waals surface area (Å²) in [4.78, 5) is 16.6. The zero-order valence-corrected chi connectivity index (χ0v) is 13.1. The van der Waals surface area contributed by atoms with Crippen LogP contribution in [0.3, 0.4) is 0 Å². The third kappa shape index (κ3) is 3.12. The third-order valence-electron chi connectivity index (χ3n) is 4.75. The summed E-state index contributed by atoms with van der Waals surface area (Å²) in [6.45, 7) is 4.10. The zero-order chi connectivity index (χ0) is 15.0. The molecule has 1 aliphatic carbocycles. The highest BCUT2D eigenvalue weighted by atomic mass is 16.6. The van der Waals surface area contributed by atoms with Gasteiger partial charge in [-0.25, -0.2) is 4.98 Å². The maximum atomic E-state index is 12.1. The van der Waals surface area contributed by atoms with Gasteiger partial charge in [0.05, 0.1) is 17.4 Å². The quantitative estimate of drug-likeness (QED) is 0.798. The summed E-state index contributed by atoms with van der Waals surface area (Å²) in [5.41, 5.74) is 0.514. The average molecular weight is 292 g/mol. The Morgan fingerprint density at radius 3 is 2.71 bits per heavy atom. The van der Waals surface area contributed by atoms with E-state index in [1.165, 1.54) is 23.8 Å². The van der Waals surface area contributed by atoms with E-state index in [0.717, 1.165) is 18.5 Å². The smallest absolute Gasteiger partial charge is 0.299 e. The van der Waals surface area contributed by atoms with Crippen molar-refractivity contribution in [2.45, 2.75) is 70.2 Å². The summed E-state index contributed by atoms with van der Waals surface area (Å²) in [6.07, 6.45) is 6.86. The summed E-state index contributed by atoms with van der Waals surface area (Å²) in [5.74, 6) is 0. The van der Waals surface area contributed by atoms with Gasteiger partial charge in [0.25, 0.3) is 11.6 Å². The second-order valence-electron chi connectivity index (χ2n) is 6.55. The highest BCUT2D eigenvalue weighted by Gasteiger charge is 2.49. The summed E-state index contributed by atoms with van der Waals surface area (Å²) in [5, 5.41) is 0. The van der Waals surface area contributed by atoms with Crippen LogP contribution in [0, 0.1) is 0 Å². The molecule has 0 radical (unpaired) electrons. The molecule has 1 aromatic rings. The topological polar surface area (TPSA) is 56.7 Å². The fourth-order valence-corrected chi connectivity index (χ4v) is 3.01. The molecule has 2 fully saturated rings. The van der Waals surface area contributed by atoms with Crippen LogP contribution in [0.5, 0.6) is 6.01 Å². The van der Waals surface area contributed by atoms with Crippen LogP contribution in [0.25, 0.3) is 0 Å². The van der Waals surface area contributed by atoms with Crippen molar-refractivity contribution in [2.75, 3.05) is 0 Å². The fraction of sp³-hybridized carbons (Fsp3) is 0.750. The molecular formula is C16H24N2O3. The van der Waals surface area contributed by atoms with Crippen molar-refractivity contribution in [1.29, 1.82) is 0 Å². The second kappa shape index (κ2) is 5.44. The van der Waals surface area contributed by atoms with Crippen molar-refractivity contribution in [3.63, 3.8) is 0 Å². The van der Waals surface area contributed by atoms with Crippen molar-refractivity contribution < 1.29 is 9.47 Å². The van der Waals surface area contributed by atoms with Gasteiger partial charge in [0.2, 0.25) is 0 Å². The Hall–Kier alpha value is -1.36. The van der Waals surface area contributed by atoms with E-state index in [1.54, 1.807) is 13.1 Å². The Bertz CT molecular complexity index is 577. The van der Waals surface area contributed by atoms with Gasteiger partial charge in [0, 0.05) is 19.5 Å². The molecule has 2 atom stereocenters. The van der Waals surface area contributed by atoms with Crippen molar-refractivity contribution >= 4 is 0 Å². The van der Waals surface area contributed by atoms with Gasteiger partial charge in [-0.2, -0.15) is 0 Å². The van der Waals surface area contributed by atoms with Gasteiger partial charge in [-0.3, -0.25) is 9.36 Å². The van der Waals surface area contributed by atoms with Crippen LogP contribution in [-0.2, 0) is 18.2 Å². The number of rotatable bonds is 4. The largest absolute Gasteiger partial charge is 0.461 e. The van der Waals surface area contributed by atoms with Crippen molar-refractivity contribution in [1.82, 2.24) is 9.55 Å². The Morgan fingerprint density at radius 1 is 1.43 bits per heavy atom. The molecule has 2 aliphatic rings. The van der Waals surface area contributed by atoms with Gasteiger partial charge in [0.15, 0.2) is 0 Å². The minimum Gasteiger partial charge on any atom is -0.461 e. The predicted octanol–water partition coefficient (Wildman–Crippen LogP) is 2.21. The lowest BCUT2D eigenvalue weighted by atomic mass is 9.98. The lowest BCUT2D eigenvalue weighted by Crippen LogP contribution is -2.27. The number of ether oxygens (including phenoxy) is 2. The summed E-state index contributed by atoms with van der Waals surface area (Å²) >= 11 is 0. The van der Waals surface area contributed by atoms with Gasteiger partial charge in [-0.15, -0.1) is 0 Å². The van der Waals surface area contributed by atoms with E-state index in [2.05, 4.69) is 11.9 Å². The fourth-order valence-electron chi connectivity index (χ4n) is 3.01. The first-order chi connectivity index (χ1) is 9.98. The molecular weight excluding hydrogens is 268 g/mol. The van der Waals surface area contributed by atoms with Crippen molar-refractivity contribution in [3.05, 3.63) is 22.1 Å². The van der Waals surface area contributed by atoms with E-state index in [1.807, 2.05) is 6.92 Å². The predicted molar refractivity (Wildman–Crippen MR) is 79.6 cm³/mol. The first-order valence-electron chi connectivity index (χ1n) is 7.89. The second-order valence-corrected chi connectivity index (χ2v) is 6.55. The van der Waals surface area contributed by atoms with Gasteiger partial charge in [-0.1, -0.05) is 6.42 Å². The minimum atomic E-state index is -0.179. The molecule has 1 saturated carbocycles. The molecule has 1 unspecified atom stereocenters. The highest BCUT2D eigenvalue weighted by Crippen LogP contribution is 2.38. The lowest BCUT2D eigenvalue weighted by Gasteiger charge is -2.23. The number of nitrogens with zero attached hydrogens (tertiary/aromatic N) is 2. The third-order valence-corrected chi connectivity index (χ3v) is 4.75. The lowest BCUT2D eigenvalue weighted by molar-refractivity contribution is 0.134. The minimum absolute atomic E-state index is 0.0669. The number of aromatic nitrogens is 2. The van der Waals surface area contributed by atoms with Crippen molar-refractivity contribution in [3.8, 4) is 6.01 Å². The number of epoxide rings is 1. The molecule has 0 bridgehead atoms. The molecule has 5 nitrogen and oxygen atoms in total. The van der Waals surface area contributed by atoms with Gasteiger partial charge >= 0.3 is 0 Å². The standard InChI is InChI=1S/C16H24N2O3/c1-11-16(2,21-11)10-12-9-14(19)18(3)15(17-12)20-13-7-5-4-6-8-13/h9,11,13H,4-8,10H2,1-3H3/t11?,16-/m1/s1. The van der Waals surface area contributed by atoms with Crippen LogP contribution < -0.4 is 10.3 Å². The Labute approximate surface area is 125 Å². The zero-order valence-electron chi connectivity index (χ0n) is 13.1. The maximum Gasteiger partial charge on any atom is 0.299 e. The highest BCUT2D eigenvalue weighted by molar-refractivity contribution is 5.14. The molecule has 0 aromatic carbocycles. The van der Waals surface area contributed by atoms with E-state index >= 15 is 0 Å². The molecule has 0 spiro atoms. The Morgan fingerprint density at radius 2 is 2.10 bits per heavy atom. The molecule has 0 amide bonds. The normalized spacial score (nSPS) is 29.4. The monoisotopic (exact) mass is 292 g/mol. The Kier molecular flexibility index (Phi) is 3.78. The van der Waals surface area contributed by atoms with E-state index in [-0.39, 0.29) is 23.4 Å². The molecule has 1 saturated heterocycles. The molecule has 3 rings (SSSR count). The summed E-state index contributed by atoms with van der Waals surface area (Å²) < 4.78 is 13.1. The summed E-state index contributed by atoms with van der Waals surface area (Å²) in [7, 11) is 1.72. The van der Waals surface area contributed by atoms with Crippen molar-refractivity contribution in [2.24, 2.45) is 7.05 Å². The SMILES string of the molecule is CC1O[C@]1(C)Cc1cc(=O)n(C)c(OC2CCCCC2)n1. The van der Waals surface area contributed by atoms with Crippen LogP contribution in [0.1, 0.15) is 51.6 Å². The molecule has 1 aromatic heterocycles. The van der Waals surface area contributed by atoms with E-state index in [4.69, 9.17) is 9.47 Å². The van der Waals surface area contributed by atoms with Crippen LogP contribution >= 0.6 is 0 Å². The first kappa shape index (κ1) is 14.6. The molecule has 21 heavy (non-hydrogen) atoms. The van der Waals surface area contributed by atoms with Crippen LogP contribution in [0.2, 0.25) is 0 Å². The van der Waals surface area contributed by atoms with Gasteiger partial charge < -0.3 is 9.47 Å². The number of hydrogen-bond acceptors (Lipinski definition) is 4. The van der Waals surface area contributed by atoms with E-state index in [0.29, 0.717) is 12.4 Å². The Balaban J connectivity index is 1.78.